The normalized spacial score (nSPS) is 11.5. The summed E-state index contributed by atoms with van der Waals surface area (Å²) in [6.07, 6.45) is 0.658. The fourth-order valence-corrected chi connectivity index (χ4v) is 3.60. The van der Waals surface area contributed by atoms with Crippen molar-refractivity contribution in [2.24, 2.45) is 5.92 Å². The zero-order valence-corrected chi connectivity index (χ0v) is 18.9. The van der Waals surface area contributed by atoms with Gasteiger partial charge in [0, 0.05) is 31.6 Å². The molecule has 166 valence electrons. The number of nitro groups is 1. The lowest BCUT2D eigenvalue weighted by molar-refractivity contribution is -0.384. The summed E-state index contributed by atoms with van der Waals surface area (Å²) in [7, 11) is 0. The molecule has 3 rings (SSSR count). The van der Waals surface area contributed by atoms with Crippen molar-refractivity contribution in [3.8, 4) is 5.75 Å². The summed E-state index contributed by atoms with van der Waals surface area (Å²) in [6.45, 7) is 12.9. The number of hydrogen-bond donors (Lipinski definition) is 0. The van der Waals surface area contributed by atoms with Gasteiger partial charge in [-0.05, 0) is 42.8 Å². The van der Waals surface area contributed by atoms with Gasteiger partial charge < -0.3 is 14.2 Å². The lowest BCUT2D eigenvalue weighted by Gasteiger charge is -2.19. The average molecular weight is 425 g/mol. The van der Waals surface area contributed by atoms with Crippen molar-refractivity contribution in [3.05, 3.63) is 64.0 Å². The molecule has 7 heteroatoms. The van der Waals surface area contributed by atoms with Gasteiger partial charge in [-0.1, -0.05) is 39.8 Å². The number of non-ortho nitro benzene ring substituents is 1. The predicted molar refractivity (Wildman–Crippen MR) is 124 cm³/mol. The fourth-order valence-electron chi connectivity index (χ4n) is 3.60. The van der Waals surface area contributed by atoms with E-state index in [-0.39, 0.29) is 10.6 Å². The van der Waals surface area contributed by atoms with E-state index in [0.29, 0.717) is 24.5 Å². The summed E-state index contributed by atoms with van der Waals surface area (Å²) in [5.74, 6) is 2.26. The molecule has 0 aliphatic rings. The maximum absolute atomic E-state index is 11.2. The van der Waals surface area contributed by atoms with Crippen LogP contribution in [0.4, 0.5) is 5.69 Å². The summed E-state index contributed by atoms with van der Waals surface area (Å²) < 4.78 is 7.97. The minimum absolute atomic E-state index is 0.0686. The minimum atomic E-state index is -0.371. The lowest BCUT2D eigenvalue weighted by Crippen LogP contribution is -2.27. The minimum Gasteiger partial charge on any atom is -0.493 e. The standard InChI is InChI=1S/C24H32N4O3/c1-5-26(6-2)13-14-27-23-12-9-20(28(29)30)16-22(23)25-24(27)15-19-7-10-21(11-8-19)31-17-18(3)4/h7-12,16,18H,5-6,13-15,17H2,1-4H3. The van der Waals surface area contributed by atoms with Gasteiger partial charge in [0.2, 0.25) is 0 Å². The van der Waals surface area contributed by atoms with E-state index in [4.69, 9.17) is 9.72 Å². The van der Waals surface area contributed by atoms with Gasteiger partial charge in [0.1, 0.15) is 11.6 Å². The molecule has 0 atom stereocenters. The highest BCUT2D eigenvalue weighted by Crippen LogP contribution is 2.24. The van der Waals surface area contributed by atoms with Crippen LogP contribution in [-0.4, -0.2) is 45.6 Å². The fraction of sp³-hybridized carbons (Fsp3) is 0.458. The van der Waals surface area contributed by atoms with Crippen LogP contribution < -0.4 is 4.74 Å². The Labute approximate surface area is 183 Å². The summed E-state index contributed by atoms with van der Waals surface area (Å²) >= 11 is 0. The third-order valence-electron chi connectivity index (χ3n) is 5.42. The summed E-state index contributed by atoms with van der Waals surface area (Å²) in [6, 6.07) is 13.0. The van der Waals surface area contributed by atoms with Crippen LogP contribution in [0.25, 0.3) is 11.0 Å². The van der Waals surface area contributed by atoms with Crippen LogP contribution in [0.5, 0.6) is 5.75 Å². The number of benzene rings is 2. The molecule has 0 amide bonds. The van der Waals surface area contributed by atoms with Gasteiger partial charge in [0.05, 0.1) is 22.6 Å². The van der Waals surface area contributed by atoms with E-state index < -0.39 is 0 Å². The molecule has 0 aliphatic heterocycles. The van der Waals surface area contributed by atoms with Gasteiger partial charge in [-0.3, -0.25) is 10.1 Å². The number of rotatable bonds is 11. The zero-order valence-electron chi connectivity index (χ0n) is 18.9. The maximum Gasteiger partial charge on any atom is 0.271 e. The highest BCUT2D eigenvalue weighted by molar-refractivity contribution is 5.78. The number of ether oxygens (including phenoxy) is 1. The first-order valence-corrected chi connectivity index (χ1v) is 11.0. The molecule has 0 saturated carbocycles. The summed E-state index contributed by atoms with van der Waals surface area (Å²) in [5.41, 5.74) is 2.80. The van der Waals surface area contributed by atoms with Crippen LogP contribution >= 0.6 is 0 Å². The topological polar surface area (TPSA) is 73.4 Å². The van der Waals surface area contributed by atoms with E-state index in [9.17, 15) is 10.1 Å². The number of aromatic nitrogens is 2. The van der Waals surface area contributed by atoms with Crippen LogP contribution in [0.15, 0.2) is 42.5 Å². The van der Waals surface area contributed by atoms with Crippen molar-refractivity contribution in [1.29, 1.82) is 0 Å². The molecule has 0 spiro atoms. The Morgan fingerprint density at radius 3 is 2.45 bits per heavy atom. The second kappa shape index (κ2) is 10.4. The zero-order chi connectivity index (χ0) is 22.4. The van der Waals surface area contributed by atoms with Crippen molar-refractivity contribution in [2.45, 2.75) is 40.7 Å². The Morgan fingerprint density at radius 2 is 1.84 bits per heavy atom. The van der Waals surface area contributed by atoms with Gasteiger partial charge in [0.25, 0.3) is 5.69 Å². The van der Waals surface area contributed by atoms with Crippen LogP contribution in [0.1, 0.15) is 39.1 Å². The molecular formula is C24H32N4O3. The lowest BCUT2D eigenvalue weighted by atomic mass is 10.1. The first kappa shape index (κ1) is 22.7. The average Bonchev–Trinajstić information content (AvgIpc) is 3.10. The number of fused-ring (bicyclic) bond motifs is 1. The van der Waals surface area contributed by atoms with Crippen LogP contribution in [-0.2, 0) is 13.0 Å². The molecule has 0 unspecified atom stereocenters. The number of nitrogens with zero attached hydrogens (tertiary/aromatic N) is 4. The van der Waals surface area contributed by atoms with Gasteiger partial charge in [-0.15, -0.1) is 0 Å². The Bertz CT molecular complexity index is 1010. The molecule has 0 saturated heterocycles. The van der Waals surface area contributed by atoms with E-state index in [1.165, 1.54) is 0 Å². The van der Waals surface area contributed by atoms with E-state index in [1.807, 2.05) is 18.2 Å². The quantitative estimate of drug-likeness (QED) is 0.323. The smallest absolute Gasteiger partial charge is 0.271 e. The van der Waals surface area contributed by atoms with Crippen LogP contribution in [0.3, 0.4) is 0 Å². The van der Waals surface area contributed by atoms with Crippen molar-refractivity contribution in [1.82, 2.24) is 14.5 Å². The molecule has 0 fully saturated rings. The molecule has 31 heavy (non-hydrogen) atoms. The highest BCUT2D eigenvalue weighted by atomic mass is 16.6. The molecular weight excluding hydrogens is 392 g/mol. The third kappa shape index (κ3) is 5.82. The maximum atomic E-state index is 11.2. The van der Waals surface area contributed by atoms with E-state index in [2.05, 4.69) is 49.3 Å². The molecule has 7 nitrogen and oxygen atoms in total. The van der Waals surface area contributed by atoms with Gasteiger partial charge in [0.15, 0.2) is 0 Å². The van der Waals surface area contributed by atoms with Gasteiger partial charge >= 0.3 is 0 Å². The molecule has 2 aromatic carbocycles. The monoisotopic (exact) mass is 424 g/mol. The number of hydrogen-bond acceptors (Lipinski definition) is 5. The third-order valence-corrected chi connectivity index (χ3v) is 5.42. The van der Waals surface area contributed by atoms with Crippen molar-refractivity contribution in [2.75, 3.05) is 26.2 Å². The van der Waals surface area contributed by atoms with Gasteiger partial charge in [-0.2, -0.15) is 0 Å². The number of likely N-dealkylation sites (N-methyl/N-ethyl adjacent to an activating group) is 1. The molecule has 1 heterocycles. The number of imidazole rings is 1. The summed E-state index contributed by atoms with van der Waals surface area (Å²) in [5, 5.41) is 11.2. The first-order valence-electron chi connectivity index (χ1n) is 11.0. The van der Waals surface area contributed by atoms with E-state index in [1.54, 1.807) is 12.1 Å². The van der Waals surface area contributed by atoms with Crippen molar-refractivity contribution >= 4 is 16.7 Å². The Hall–Kier alpha value is -2.93. The molecule has 3 aromatic rings. The molecule has 1 aromatic heterocycles. The van der Waals surface area contributed by atoms with Crippen LogP contribution in [0.2, 0.25) is 0 Å². The van der Waals surface area contributed by atoms with Crippen molar-refractivity contribution in [3.63, 3.8) is 0 Å². The SMILES string of the molecule is CCN(CC)CCn1c(Cc2ccc(OCC(C)C)cc2)nc2cc([N+](=O)[O-])ccc21. The summed E-state index contributed by atoms with van der Waals surface area (Å²) in [4.78, 5) is 18.0. The first-order chi connectivity index (χ1) is 14.9. The highest BCUT2D eigenvalue weighted by Gasteiger charge is 2.16. The molecule has 0 N–H and O–H groups in total. The van der Waals surface area contributed by atoms with Gasteiger partial charge in [-0.25, -0.2) is 4.98 Å². The number of nitro benzene ring substituents is 1. The predicted octanol–water partition coefficient (Wildman–Crippen LogP) is 4.91. The van der Waals surface area contributed by atoms with Crippen LogP contribution in [0, 0.1) is 16.0 Å². The molecule has 0 bridgehead atoms. The molecule has 0 aliphatic carbocycles. The Kier molecular flexibility index (Phi) is 7.63. The van der Waals surface area contributed by atoms with E-state index in [0.717, 1.165) is 48.8 Å². The Morgan fingerprint density at radius 1 is 1.13 bits per heavy atom. The van der Waals surface area contributed by atoms with E-state index >= 15 is 0 Å². The second-order valence-corrected chi connectivity index (χ2v) is 8.16. The largest absolute Gasteiger partial charge is 0.493 e. The molecule has 0 radical (unpaired) electrons. The second-order valence-electron chi connectivity index (χ2n) is 8.16. The Balaban J connectivity index is 1.88. The van der Waals surface area contributed by atoms with Crippen molar-refractivity contribution < 1.29 is 9.66 Å².